The molecule has 5 heteroatoms. The average molecular weight is 398 g/mol. The number of aliphatic hydroxyl groups is 1. The Labute approximate surface area is 117 Å². The third kappa shape index (κ3) is 4.39. The largest absolute Gasteiger partial charge is 0.389 e. The number of benzene rings is 1. The summed E-state index contributed by atoms with van der Waals surface area (Å²) in [6.07, 6.45) is 0. The zero-order valence-corrected chi connectivity index (χ0v) is 12.8. The molecule has 0 saturated heterocycles. The normalized spacial score (nSPS) is 11.3. The molecule has 0 fully saturated rings. The van der Waals surface area contributed by atoms with Crippen LogP contribution in [0.5, 0.6) is 0 Å². The van der Waals surface area contributed by atoms with E-state index in [1.54, 1.807) is 19.9 Å². The van der Waals surface area contributed by atoms with Gasteiger partial charge in [0.15, 0.2) is 0 Å². The molecule has 0 aromatic heterocycles. The van der Waals surface area contributed by atoms with Crippen LogP contribution in [0.25, 0.3) is 0 Å². The van der Waals surface area contributed by atoms with Crippen molar-refractivity contribution in [1.29, 1.82) is 0 Å². The van der Waals surface area contributed by atoms with Crippen molar-refractivity contribution in [2.75, 3.05) is 6.54 Å². The summed E-state index contributed by atoms with van der Waals surface area (Å²) in [6.45, 7) is 3.53. The van der Waals surface area contributed by atoms with Crippen LogP contribution in [0, 0.1) is 3.57 Å². The van der Waals surface area contributed by atoms with Gasteiger partial charge in [0.05, 0.1) is 11.2 Å². The van der Waals surface area contributed by atoms with Gasteiger partial charge in [-0.05, 0) is 54.6 Å². The topological polar surface area (TPSA) is 49.3 Å². The molecule has 1 aromatic carbocycles. The fraction of sp³-hybridized carbons (Fsp3) is 0.364. The molecule has 1 aromatic rings. The molecular weight excluding hydrogens is 385 g/mol. The molecule has 1 rings (SSSR count). The van der Waals surface area contributed by atoms with Crippen molar-refractivity contribution in [2.45, 2.75) is 19.4 Å². The number of nitrogens with one attached hydrogen (secondary N) is 1. The molecule has 0 unspecified atom stereocenters. The Bertz CT molecular complexity index is 401. The van der Waals surface area contributed by atoms with E-state index in [-0.39, 0.29) is 12.5 Å². The Balaban J connectivity index is 2.77. The van der Waals surface area contributed by atoms with Crippen molar-refractivity contribution >= 4 is 44.4 Å². The first-order chi connectivity index (χ1) is 7.29. The van der Waals surface area contributed by atoms with Crippen molar-refractivity contribution in [3.8, 4) is 0 Å². The number of amides is 1. The van der Waals surface area contributed by atoms with E-state index in [1.807, 2.05) is 12.1 Å². The highest BCUT2D eigenvalue weighted by Gasteiger charge is 2.16. The lowest BCUT2D eigenvalue weighted by Gasteiger charge is -2.17. The van der Waals surface area contributed by atoms with E-state index >= 15 is 0 Å². The first-order valence-electron chi connectivity index (χ1n) is 4.75. The van der Waals surface area contributed by atoms with Crippen molar-refractivity contribution in [3.05, 3.63) is 31.8 Å². The maximum Gasteiger partial charge on any atom is 0.252 e. The van der Waals surface area contributed by atoms with Crippen LogP contribution in [0.2, 0.25) is 0 Å². The first kappa shape index (κ1) is 13.9. The van der Waals surface area contributed by atoms with Crippen LogP contribution in [0.15, 0.2) is 22.7 Å². The highest BCUT2D eigenvalue weighted by Crippen LogP contribution is 2.18. The molecule has 0 bridgehead atoms. The molecular formula is C11H13BrINO2. The van der Waals surface area contributed by atoms with Crippen LogP contribution in [0.3, 0.4) is 0 Å². The summed E-state index contributed by atoms with van der Waals surface area (Å²) in [4.78, 5) is 11.8. The summed E-state index contributed by atoms with van der Waals surface area (Å²) >= 11 is 5.43. The van der Waals surface area contributed by atoms with Gasteiger partial charge in [-0.1, -0.05) is 15.9 Å². The summed E-state index contributed by atoms with van der Waals surface area (Å²) in [5.41, 5.74) is -0.285. The minimum Gasteiger partial charge on any atom is -0.389 e. The smallest absolute Gasteiger partial charge is 0.252 e. The number of hydrogen-bond donors (Lipinski definition) is 2. The predicted molar refractivity (Wildman–Crippen MR) is 75.5 cm³/mol. The molecule has 1 amide bonds. The van der Waals surface area contributed by atoms with Gasteiger partial charge in [0, 0.05) is 14.6 Å². The maximum atomic E-state index is 11.8. The van der Waals surface area contributed by atoms with Gasteiger partial charge in [0.1, 0.15) is 0 Å². The lowest BCUT2D eigenvalue weighted by molar-refractivity contribution is 0.0694. The first-order valence-corrected chi connectivity index (χ1v) is 6.62. The molecule has 0 aliphatic carbocycles. The fourth-order valence-corrected chi connectivity index (χ4v) is 2.00. The third-order valence-corrected chi connectivity index (χ3v) is 3.29. The number of halogens is 2. The third-order valence-electron chi connectivity index (χ3n) is 1.85. The Morgan fingerprint density at radius 3 is 2.75 bits per heavy atom. The van der Waals surface area contributed by atoms with Crippen molar-refractivity contribution in [1.82, 2.24) is 5.32 Å². The minimum atomic E-state index is -0.896. The quantitative estimate of drug-likeness (QED) is 0.770. The monoisotopic (exact) mass is 397 g/mol. The lowest BCUT2D eigenvalue weighted by Crippen LogP contribution is -2.38. The van der Waals surface area contributed by atoms with E-state index in [9.17, 15) is 9.90 Å². The van der Waals surface area contributed by atoms with Gasteiger partial charge in [-0.3, -0.25) is 4.79 Å². The van der Waals surface area contributed by atoms with E-state index in [0.717, 1.165) is 8.04 Å². The molecule has 16 heavy (non-hydrogen) atoms. The van der Waals surface area contributed by atoms with Crippen LogP contribution in [0.4, 0.5) is 0 Å². The molecule has 88 valence electrons. The molecule has 0 radical (unpaired) electrons. The number of rotatable bonds is 3. The average Bonchev–Trinajstić information content (AvgIpc) is 2.17. The van der Waals surface area contributed by atoms with Gasteiger partial charge in [0.25, 0.3) is 5.91 Å². The Kier molecular flexibility index (Phi) is 4.75. The summed E-state index contributed by atoms with van der Waals surface area (Å²) in [5, 5.41) is 12.2. The fourth-order valence-electron chi connectivity index (χ4n) is 1.06. The van der Waals surface area contributed by atoms with Crippen LogP contribution < -0.4 is 5.32 Å². The molecule has 0 atom stereocenters. The standard InChI is InChI=1S/C11H13BrINO2/c1-11(2,16)6-14-10(15)8-5-7(12)3-4-9(8)13/h3-5,16H,6H2,1-2H3,(H,14,15). The van der Waals surface area contributed by atoms with E-state index < -0.39 is 5.60 Å². The van der Waals surface area contributed by atoms with Crippen LogP contribution >= 0.6 is 38.5 Å². The van der Waals surface area contributed by atoms with Crippen molar-refractivity contribution < 1.29 is 9.90 Å². The maximum absolute atomic E-state index is 11.8. The molecule has 0 spiro atoms. The Morgan fingerprint density at radius 2 is 2.19 bits per heavy atom. The molecule has 2 N–H and O–H groups in total. The Hall–Kier alpha value is -0.140. The predicted octanol–water partition coefficient (Wildman–Crippen LogP) is 2.55. The zero-order valence-electron chi connectivity index (χ0n) is 9.05. The van der Waals surface area contributed by atoms with Crippen LogP contribution in [0.1, 0.15) is 24.2 Å². The van der Waals surface area contributed by atoms with Crippen LogP contribution in [-0.2, 0) is 0 Å². The minimum absolute atomic E-state index is 0.173. The van der Waals surface area contributed by atoms with E-state index in [0.29, 0.717) is 5.56 Å². The second-order valence-electron chi connectivity index (χ2n) is 4.12. The highest BCUT2D eigenvalue weighted by atomic mass is 127. The summed E-state index contributed by atoms with van der Waals surface area (Å²) in [5.74, 6) is -0.173. The van der Waals surface area contributed by atoms with E-state index in [1.165, 1.54) is 0 Å². The van der Waals surface area contributed by atoms with Gasteiger partial charge < -0.3 is 10.4 Å². The number of carbonyl (C=O) groups is 1. The second-order valence-corrected chi connectivity index (χ2v) is 6.20. The van der Waals surface area contributed by atoms with Crippen molar-refractivity contribution in [3.63, 3.8) is 0 Å². The summed E-state index contributed by atoms with van der Waals surface area (Å²) < 4.78 is 1.75. The van der Waals surface area contributed by atoms with E-state index in [4.69, 9.17) is 0 Å². The number of hydrogen-bond acceptors (Lipinski definition) is 2. The molecule has 3 nitrogen and oxygen atoms in total. The highest BCUT2D eigenvalue weighted by molar-refractivity contribution is 14.1. The molecule has 0 aliphatic rings. The van der Waals surface area contributed by atoms with Crippen LogP contribution in [-0.4, -0.2) is 23.2 Å². The van der Waals surface area contributed by atoms with E-state index in [2.05, 4.69) is 43.8 Å². The second kappa shape index (κ2) is 5.46. The summed E-state index contributed by atoms with van der Waals surface area (Å²) in [7, 11) is 0. The zero-order chi connectivity index (χ0) is 12.3. The number of carbonyl (C=O) groups excluding carboxylic acids is 1. The summed E-state index contributed by atoms with van der Waals surface area (Å²) in [6, 6.07) is 5.51. The van der Waals surface area contributed by atoms with Gasteiger partial charge in [-0.15, -0.1) is 0 Å². The molecule has 0 heterocycles. The van der Waals surface area contributed by atoms with Gasteiger partial charge in [-0.2, -0.15) is 0 Å². The SMILES string of the molecule is CC(C)(O)CNC(=O)c1cc(Br)ccc1I. The Morgan fingerprint density at radius 1 is 1.56 bits per heavy atom. The van der Waals surface area contributed by atoms with Gasteiger partial charge >= 0.3 is 0 Å². The van der Waals surface area contributed by atoms with Crippen molar-refractivity contribution in [2.24, 2.45) is 0 Å². The lowest BCUT2D eigenvalue weighted by atomic mass is 10.1. The molecule has 0 saturated carbocycles. The molecule has 0 aliphatic heterocycles. The van der Waals surface area contributed by atoms with Gasteiger partial charge in [-0.25, -0.2) is 0 Å². The van der Waals surface area contributed by atoms with Gasteiger partial charge in [0.2, 0.25) is 0 Å².